The van der Waals surface area contributed by atoms with Crippen molar-refractivity contribution in [1.82, 2.24) is 5.32 Å². The molecule has 0 spiro atoms. The summed E-state index contributed by atoms with van der Waals surface area (Å²) in [6.45, 7) is 8.95. The molecule has 0 fully saturated rings. The number of nitrogens with one attached hydrogen (secondary N) is 1. The van der Waals surface area contributed by atoms with E-state index in [2.05, 4.69) is 22.2 Å². The Morgan fingerprint density at radius 1 is 1.54 bits per heavy atom. The van der Waals surface area contributed by atoms with Gasteiger partial charge in [0.2, 0.25) is 5.91 Å². The maximum atomic E-state index is 10.8. The Hall–Kier alpha value is -0.840. The van der Waals surface area contributed by atoms with E-state index in [4.69, 9.17) is 0 Å². The first-order valence-corrected chi connectivity index (χ1v) is 5.34. The molecule has 0 saturated carbocycles. The topological polar surface area (TPSA) is 53.8 Å². The summed E-state index contributed by atoms with van der Waals surface area (Å²) in [4.78, 5) is 10.8. The average Bonchev–Trinajstić information content (AvgIpc) is 2.20. The van der Waals surface area contributed by atoms with Gasteiger partial charge in [-0.15, -0.1) is 5.10 Å². The number of carbonyl (C=O) groups is 1. The highest BCUT2D eigenvalue weighted by atomic mass is 32.2. The van der Waals surface area contributed by atoms with Gasteiger partial charge in [0.05, 0.1) is 0 Å². The van der Waals surface area contributed by atoms with Crippen LogP contribution in [0.1, 0.15) is 27.2 Å². The van der Waals surface area contributed by atoms with Gasteiger partial charge in [0.1, 0.15) is 0 Å². The van der Waals surface area contributed by atoms with Crippen LogP contribution < -0.4 is 5.32 Å². The van der Waals surface area contributed by atoms with Crippen molar-refractivity contribution in [3.05, 3.63) is 0 Å². The number of thioether (sulfide) groups is 1. The molecule has 76 valence electrons. The van der Waals surface area contributed by atoms with Crippen molar-refractivity contribution < 1.29 is 4.79 Å². The SMILES string of the molecule is C=N/N=C(/NC(=O)CC)SC.CC. The van der Waals surface area contributed by atoms with Gasteiger partial charge in [-0.3, -0.25) is 4.79 Å². The van der Waals surface area contributed by atoms with E-state index in [1.54, 1.807) is 13.2 Å². The van der Waals surface area contributed by atoms with E-state index >= 15 is 0 Å². The predicted molar refractivity (Wildman–Crippen MR) is 60.3 cm³/mol. The van der Waals surface area contributed by atoms with Crippen LogP contribution in [0.3, 0.4) is 0 Å². The lowest BCUT2D eigenvalue weighted by atomic mass is 10.5. The van der Waals surface area contributed by atoms with E-state index in [0.717, 1.165) is 0 Å². The Morgan fingerprint density at radius 3 is 2.38 bits per heavy atom. The average molecular weight is 203 g/mol. The fourth-order valence-corrected chi connectivity index (χ4v) is 0.744. The Labute approximate surface area is 83.9 Å². The number of nitrogens with zero attached hydrogens (tertiary/aromatic N) is 2. The van der Waals surface area contributed by atoms with Crippen molar-refractivity contribution in [2.75, 3.05) is 6.26 Å². The zero-order valence-electron chi connectivity index (χ0n) is 8.63. The smallest absolute Gasteiger partial charge is 0.225 e. The number of hydrogen-bond donors (Lipinski definition) is 1. The van der Waals surface area contributed by atoms with Crippen LogP contribution in [0.2, 0.25) is 0 Å². The molecule has 5 heteroatoms. The van der Waals surface area contributed by atoms with Gasteiger partial charge in [0.25, 0.3) is 0 Å². The van der Waals surface area contributed by atoms with Crippen LogP contribution in [0.4, 0.5) is 0 Å². The van der Waals surface area contributed by atoms with Gasteiger partial charge in [0.15, 0.2) is 5.17 Å². The van der Waals surface area contributed by atoms with E-state index < -0.39 is 0 Å². The quantitative estimate of drug-likeness (QED) is 0.423. The molecule has 0 atom stereocenters. The first-order valence-electron chi connectivity index (χ1n) is 4.12. The molecule has 4 nitrogen and oxygen atoms in total. The Balaban J connectivity index is 0. The Bertz CT molecular complexity index is 180. The van der Waals surface area contributed by atoms with Gasteiger partial charge in [-0.2, -0.15) is 5.10 Å². The van der Waals surface area contributed by atoms with Gasteiger partial charge in [-0.05, 0) is 6.26 Å². The largest absolute Gasteiger partial charge is 0.304 e. The van der Waals surface area contributed by atoms with Gasteiger partial charge in [0, 0.05) is 13.1 Å². The molecular formula is C8H17N3OS. The summed E-state index contributed by atoms with van der Waals surface area (Å²) in [6.07, 6.45) is 2.25. The van der Waals surface area contributed by atoms with Crippen molar-refractivity contribution in [2.24, 2.45) is 10.2 Å². The third-order valence-corrected chi connectivity index (χ3v) is 1.49. The molecule has 1 N–H and O–H groups in total. The minimum absolute atomic E-state index is 0.0678. The molecule has 0 heterocycles. The molecule has 0 aliphatic heterocycles. The number of amidine groups is 1. The Morgan fingerprint density at radius 2 is 2.08 bits per heavy atom. The van der Waals surface area contributed by atoms with Crippen LogP contribution in [0.15, 0.2) is 10.2 Å². The molecule has 0 aliphatic rings. The molecule has 0 bridgehead atoms. The lowest BCUT2D eigenvalue weighted by molar-refractivity contribution is -0.119. The minimum Gasteiger partial charge on any atom is -0.304 e. The maximum Gasteiger partial charge on any atom is 0.225 e. The molecule has 0 radical (unpaired) electrons. The fraction of sp³-hybridized carbons (Fsp3) is 0.625. The summed E-state index contributed by atoms with van der Waals surface area (Å²) in [5.74, 6) is -0.0678. The van der Waals surface area contributed by atoms with Gasteiger partial charge in [-0.1, -0.05) is 32.5 Å². The Kier molecular flexibility index (Phi) is 12.6. The molecule has 0 rings (SSSR count). The first kappa shape index (κ1) is 14.7. The van der Waals surface area contributed by atoms with Crippen molar-refractivity contribution in [3.8, 4) is 0 Å². The van der Waals surface area contributed by atoms with Crippen molar-refractivity contribution in [2.45, 2.75) is 27.2 Å². The van der Waals surface area contributed by atoms with Crippen LogP contribution in [0.5, 0.6) is 0 Å². The molecular weight excluding hydrogens is 186 g/mol. The lowest BCUT2D eigenvalue weighted by Gasteiger charge is -2.00. The molecule has 1 amide bonds. The van der Waals surface area contributed by atoms with Crippen LogP contribution in [0.25, 0.3) is 0 Å². The van der Waals surface area contributed by atoms with Crippen molar-refractivity contribution in [1.29, 1.82) is 0 Å². The van der Waals surface area contributed by atoms with Crippen molar-refractivity contribution in [3.63, 3.8) is 0 Å². The third-order valence-electron chi connectivity index (χ3n) is 0.922. The molecule has 0 aliphatic carbocycles. The fourth-order valence-electron chi connectivity index (χ4n) is 0.389. The second-order valence-corrected chi connectivity index (χ2v) is 2.45. The van der Waals surface area contributed by atoms with Crippen LogP contribution in [-0.2, 0) is 4.79 Å². The van der Waals surface area contributed by atoms with Crippen molar-refractivity contribution >= 4 is 29.6 Å². The number of hydrogen-bond acceptors (Lipinski definition) is 4. The summed E-state index contributed by atoms with van der Waals surface area (Å²) in [6, 6.07) is 0. The summed E-state index contributed by atoms with van der Waals surface area (Å²) < 4.78 is 0. The number of amides is 1. The van der Waals surface area contributed by atoms with Crippen LogP contribution in [-0.4, -0.2) is 24.0 Å². The molecule has 0 aromatic heterocycles. The van der Waals surface area contributed by atoms with Crippen LogP contribution in [0, 0.1) is 0 Å². The highest BCUT2D eigenvalue weighted by Gasteiger charge is 2.00. The van der Waals surface area contributed by atoms with E-state index in [0.29, 0.717) is 11.6 Å². The van der Waals surface area contributed by atoms with E-state index in [1.807, 2.05) is 13.8 Å². The summed E-state index contributed by atoms with van der Waals surface area (Å²) in [7, 11) is 0. The first-order chi connectivity index (χ1) is 6.24. The minimum atomic E-state index is -0.0678. The van der Waals surface area contributed by atoms with Gasteiger partial charge < -0.3 is 5.32 Å². The number of carbonyl (C=O) groups excluding carboxylic acids is 1. The molecule has 13 heavy (non-hydrogen) atoms. The molecule has 0 aromatic rings. The normalized spacial score (nSPS) is 9.69. The third kappa shape index (κ3) is 9.07. The number of rotatable bonds is 2. The molecule has 0 unspecified atom stereocenters. The molecule has 0 saturated heterocycles. The molecule has 0 aromatic carbocycles. The standard InChI is InChI=1S/C6H11N3OS.C2H6/c1-4-5(10)8-6(11-3)9-7-2;1-2/h2,4H2,1,3H3,(H,8,9,10);1-2H3. The second kappa shape index (κ2) is 11.2. The van der Waals surface area contributed by atoms with Gasteiger partial charge >= 0.3 is 0 Å². The zero-order valence-corrected chi connectivity index (χ0v) is 9.44. The van der Waals surface area contributed by atoms with E-state index in [1.165, 1.54) is 11.8 Å². The van der Waals surface area contributed by atoms with Gasteiger partial charge in [-0.25, -0.2) is 0 Å². The highest BCUT2D eigenvalue weighted by Crippen LogP contribution is 1.95. The lowest BCUT2D eigenvalue weighted by Crippen LogP contribution is -2.26. The van der Waals surface area contributed by atoms with E-state index in [9.17, 15) is 4.79 Å². The predicted octanol–water partition coefficient (Wildman–Crippen LogP) is 1.87. The van der Waals surface area contributed by atoms with Crippen LogP contribution >= 0.6 is 11.8 Å². The second-order valence-electron chi connectivity index (χ2n) is 1.65. The van der Waals surface area contributed by atoms with E-state index in [-0.39, 0.29) is 5.91 Å². The summed E-state index contributed by atoms with van der Waals surface area (Å²) in [5, 5.41) is 9.92. The zero-order chi connectivity index (χ0) is 10.7. The summed E-state index contributed by atoms with van der Waals surface area (Å²) in [5.41, 5.74) is 0. The maximum absolute atomic E-state index is 10.8. The monoisotopic (exact) mass is 203 g/mol. The summed E-state index contributed by atoms with van der Waals surface area (Å²) >= 11 is 1.32. The highest BCUT2D eigenvalue weighted by molar-refractivity contribution is 8.13.